The predicted molar refractivity (Wildman–Crippen MR) is 59.1 cm³/mol. The Hall–Kier alpha value is -1.63. The maximum atomic E-state index is 11.8. The number of benzene rings is 1. The van der Waals surface area contributed by atoms with E-state index in [1.807, 2.05) is 0 Å². The lowest BCUT2D eigenvalue weighted by atomic mass is 10.2. The van der Waals surface area contributed by atoms with Crippen LogP contribution in [0.15, 0.2) is 24.3 Å². The predicted octanol–water partition coefficient (Wildman–Crippen LogP) is 1.99. The van der Waals surface area contributed by atoms with Crippen LogP contribution in [-0.2, 0) is 6.54 Å². The molecule has 0 aliphatic carbocycles. The number of ether oxygens (including phenoxy) is 1. The Morgan fingerprint density at radius 2 is 1.82 bits per heavy atom. The second kappa shape index (κ2) is 6.19. The zero-order valence-corrected chi connectivity index (χ0v) is 9.36. The molecule has 4 nitrogen and oxygen atoms in total. The second-order valence-corrected chi connectivity index (χ2v) is 2.96. The highest BCUT2D eigenvalue weighted by Gasteiger charge is 2.30. The maximum Gasteiger partial charge on any atom is 0.573 e. The van der Waals surface area contributed by atoms with E-state index in [2.05, 4.69) is 10.1 Å². The van der Waals surface area contributed by atoms with Gasteiger partial charge in [-0.2, -0.15) is 0 Å². The molecule has 1 aromatic rings. The van der Waals surface area contributed by atoms with Crippen molar-refractivity contribution in [3.63, 3.8) is 0 Å². The van der Waals surface area contributed by atoms with Crippen LogP contribution in [-0.4, -0.2) is 12.3 Å². The number of alkyl halides is 3. The zero-order valence-electron chi connectivity index (χ0n) is 8.54. The zero-order chi connectivity index (χ0) is 12.2. The molecule has 0 aromatic heterocycles. The minimum atomic E-state index is -4.68. The monoisotopic (exact) mass is 269 g/mol. The third kappa shape index (κ3) is 6.52. The molecular weight excluding hydrogens is 259 g/mol. The first-order chi connectivity index (χ1) is 7.37. The van der Waals surface area contributed by atoms with Gasteiger partial charge in [-0.3, -0.25) is 5.41 Å². The molecule has 8 heteroatoms. The molecule has 0 spiro atoms. The van der Waals surface area contributed by atoms with E-state index in [0.717, 1.165) is 0 Å². The molecule has 0 saturated carbocycles. The number of hydrogen-bond donors (Lipinski definition) is 3. The van der Waals surface area contributed by atoms with Crippen LogP contribution in [0.25, 0.3) is 0 Å². The van der Waals surface area contributed by atoms with Crippen molar-refractivity contribution < 1.29 is 17.9 Å². The average molecular weight is 270 g/mol. The normalized spacial score (nSPS) is 10.3. The van der Waals surface area contributed by atoms with Crippen molar-refractivity contribution in [3.8, 4) is 5.75 Å². The van der Waals surface area contributed by atoms with Gasteiger partial charge in [0.05, 0.1) is 0 Å². The molecule has 4 N–H and O–H groups in total. The van der Waals surface area contributed by atoms with Gasteiger partial charge < -0.3 is 15.8 Å². The molecular formula is C9H11ClF3N3O. The Labute approximate surface area is 102 Å². The molecule has 17 heavy (non-hydrogen) atoms. The first-order valence-electron chi connectivity index (χ1n) is 4.29. The van der Waals surface area contributed by atoms with Crippen LogP contribution in [0.4, 0.5) is 13.2 Å². The van der Waals surface area contributed by atoms with Gasteiger partial charge in [0.1, 0.15) is 5.75 Å². The number of nitrogens with one attached hydrogen (secondary N) is 2. The summed E-state index contributed by atoms with van der Waals surface area (Å²) in [7, 11) is 0. The maximum absolute atomic E-state index is 11.8. The summed E-state index contributed by atoms with van der Waals surface area (Å²) in [5.41, 5.74) is 5.75. The fraction of sp³-hybridized carbons (Fsp3) is 0.222. The van der Waals surface area contributed by atoms with Gasteiger partial charge in [-0.05, 0) is 17.7 Å². The highest BCUT2D eigenvalue weighted by molar-refractivity contribution is 5.85. The van der Waals surface area contributed by atoms with Crippen LogP contribution in [0.3, 0.4) is 0 Å². The lowest BCUT2D eigenvalue weighted by Gasteiger charge is -2.09. The highest BCUT2D eigenvalue weighted by atomic mass is 35.5. The first kappa shape index (κ1) is 15.4. The molecule has 0 fully saturated rings. The lowest BCUT2D eigenvalue weighted by Crippen LogP contribution is -2.29. The molecule has 0 unspecified atom stereocenters. The van der Waals surface area contributed by atoms with Gasteiger partial charge in [0.2, 0.25) is 0 Å². The molecule has 0 aliphatic heterocycles. The summed E-state index contributed by atoms with van der Waals surface area (Å²) in [5.74, 6) is -0.477. The third-order valence-corrected chi connectivity index (χ3v) is 1.64. The Bertz CT molecular complexity index is 367. The fourth-order valence-electron chi connectivity index (χ4n) is 1.01. The van der Waals surface area contributed by atoms with E-state index in [1.54, 1.807) is 0 Å². The van der Waals surface area contributed by atoms with Gasteiger partial charge in [-0.25, -0.2) is 0 Å². The minimum Gasteiger partial charge on any atom is -0.406 e. The largest absolute Gasteiger partial charge is 0.573 e. The Morgan fingerprint density at radius 1 is 1.29 bits per heavy atom. The minimum absolute atomic E-state index is 0. The highest BCUT2D eigenvalue weighted by Crippen LogP contribution is 2.22. The lowest BCUT2D eigenvalue weighted by molar-refractivity contribution is -0.274. The number of nitrogens with two attached hydrogens (primary N) is 1. The van der Waals surface area contributed by atoms with Gasteiger partial charge in [-0.15, -0.1) is 25.6 Å². The van der Waals surface area contributed by atoms with Gasteiger partial charge in [0.25, 0.3) is 0 Å². The third-order valence-electron chi connectivity index (χ3n) is 1.64. The first-order valence-corrected chi connectivity index (χ1v) is 4.29. The molecule has 1 aromatic carbocycles. The van der Waals surface area contributed by atoms with Gasteiger partial charge >= 0.3 is 6.36 Å². The summed E-state index contributed by atoms with van der Waals surface area (Å²) in [5, 5.41) is 9.42. The molecule has 0 aliphatic rings. The van der Waals surface area contributed by atoms with E-state index in [1.165, 1.54) is 24.3 Å². The van der Waals surface area contributed by atoms with E-state index in [-0.39, 0.29) is 30.7 Å². The topological polar surface area (TPSA) is 71.1 Å². The Morgan fingerprint density at radius 3 is 2.24 bits per heavy atom. The van der Waals surface area contributed by atoms with Crippen LogP contribution in [0.1, 0.15) is 5.56 Å². The van der Waals surface area contributed by atoms with Crippen molar-refractivity contribution >= 4 is 18.4 Å². The Balaban J connectivity index is 0.00000256. The summed E-state index contributed by atoms with van der Waals surface area (Å²) < 4.78 is 39.1. The summed E-state index contributed by atoms with van der Waals surface area (Å²) in [4.78, 5) is 0. The fourth-order valence-corrected chi connectivity index (χ4v) is 1.01. The van der Waals surface area contributed by atoms with Crippen molar-refractivity contribution in [2.75, 3.05) is 0 Å². The molecule has 0 bridgehead atoms. The summed E-state index contributed by atoms with van der Waals surface area (Å²) in [6.45, 7) is 0.279. The van der Waals surface area contributed by atoms with Crippen LogP contribution in [0.5, 0.6) is 5.75 Å². The quantitative estimate of drug-likeness (QED) is 0.580. The number of rotatable bonds is 3. The molecule has 1 rings (SSSR count). The summed E-state index contributed by atoms with van der Waals surface area (Å²) in [6.07, 6.45) is -4.68. The van der Waals surface area contributed by atoms with E-state index < -0.39 is 6.36 Å². The van der Waals surface area contributed by atoms with Crippen molar-refractivity contribution in [2.24, 2.45) is 5.73 Å². The van der Waals surface area contributed by atoms with Crippen LogP contribution in [0.2, 0.25) is 0 Å². The summed E-state index contributed by atoms with van der Waals surface area (Å²) in [6, 6.07) is 5.31. The number of hydrogen-bond acceptors (Lipinski definition) is 2. The molecule has 0 heterocycles. The molecule has 0 amide bonds. The van der Waals surface area contributed by atoms with Crippen LogP contribution < -0.4 is 15.8 Å². The van der Waals surface area contributed by atoms with Gasteiger partial charge in [-0.1, -0.05) is 12.1 Å². The van der Waals surface area contributed by atoms with Crippen molar-refractivity contribution in [2.45, 2.75) is 12.9 Å². The average Bonchev–Trinajstić information content (AvgIpc) is 2.14. The number of halogens is 4. The molecule has 0 radical (unpaired) electrons. The van der Waals surface area contributed by atoms with Crippen molar-refractivity contribution in [1.29, 1.82) is 5.41 Å². The molecule has 0 atom stereocenters. The Kier molecular flexibility index (Phi) is 5.60. The molecule has 96 valence electrons. The summed E-state index contributed by atoms with van der Waals surface area (Å²) >= 11 is 0. The SMILES string of the molecule is Cl.N=C(N)NCc1ccc(OC(F)(F)F)cc1. The standard InChI is InChI=1S/C9H10F3N3O.ClH/c10-9(11,12)16-7-3-1-6(2-4-7)5-15-8(13)14;/h1-4H,5H2,(H4,13,14,15);1H. The van der Waals surface area contributed by atoms with Gasteiger partial charge in [0, 0.05) is 6.54 Å². The van der Waals surface area contributed by atoms with E-state index in [0.29, 0.717) is 5.56 Å². The van der Waals surface area contributed by atoms with E-state index >= 15 is 0 Å². The second-order valence-electron chi connectivity index (χ2n) is 2.96. The van der Waals surface area contributed by atoms with Crippen LogP contribution in [0, 0.1) is 5.41 Å². The van der Waals surface area contributed by atoms with E-state index in [9.17, 15) is 13.2 Å². The van der Waals surface area contributed by atoms with Gasteiger partial charge in [0.15, 0.2) is 5.96 Å². The number of guanidine groups is 1. The molecule has 0 saturated heterocycles. The smallest absolute Gasteiger partial charge is 0.406 e. The van der Waals surface area contributed by atoms with E-state index in [4.69, 9.17) is 11.1 Å². The van der Waals surface area contributed by atoms with Crippen molar-refractivity contribution in [3.05, 3.63) is 29.8 Å². The van der Waals surface area contributed by atoms with Crippen molar-refractivity contribution in [1.82, 2.24) is 5.32 Å². The van der Waals surface area contributed by atoms with Crippen LogP contribution >= 0.6 is 12.4 Å².